The quantitative estimate of drug-likeness (QED) is 0.467. The number of rotatable bonds is 9. The van der Waals surface area contributed by atoms with Gasteiger partial charge in [-0.25, -0.2) is 8.78 Å². The van der Waals surface area contributed by atoms with Crippen molar-refractivity contribution in [2.75, 3.05) is 33.9 Å². The number of nitrogens with zero attached hydrogens (tertiary/aromatic N) is 2. The van der Waals surface area contributed by atoms with E-state index in [1.165, 1.54) is 13.2 Å². The Bertz CT molecular complexity index is 1220. The highest BCUT2D eigenvalue weighted by atomic mass is 19.1. The van der Waals surface area contributed by atoms with Crippen LogP contribution in [0.3, 0.4) is 0 Å². The molecule has 1 N–H and O–H groups in total. The summed E-state index contributed by atoms with van der Waals surface area (Å²) >= 11 is 0. The number of pyridine rings is 1. The van der Waals surface area contributed by atoms with Crippen molar-refractivity contribution in [2.24, 2.45) is 0 Å². The average Bonchev–Trinajstić information content (AvgIpc) is 3.28. The Morgan fingerprint density at radius 3 is 2.86 bits per heavy atom. The first-order valence-corrected chi connectivity index (χ1v) is 11.6. The molecule has 0 amide bonds. The van der Waals surface area contributed by atoms with Crippen LogP contribution in [0.25, 0.3) is 17.0 Å². The molecule has 0 aliphatic carbocycles. The number of methoxy groups -OCH3 is 2. The molecule has 2 heterocycles. The summed E-state index contributed by atoms with van der Waals surface area (Å²) in [5, 5.41) is 4.56. The Hall–Kier alpha value is -3.36. The molecule has 1 saturated heterocycles. The van der Waals surface area contributed by atoms with E-state index in [9.17, 15) is 13.6 Å². The number of likely N-dealkylation sites (tertiary alicyclic amines) is 1. The van der Waals surface area contributed by atoms with Gasteiger partial charge in [-0.3, -0.25) is 14.7 Å². The highest BCUT2D eigenvalue weighted by molar-refractivity contribution is 5.83. The van der Waals surface area contributed by atoms with E-state index in [4.69, 9.17) is 9.47 Å². The van der Waals surface area contributed by atoms with Crippen molar-refractivity contribution in [3.63, 3.8) is 0 Å². The Morgan fingerprint density at radius 2 is 2.06 bits per heavy atom. The van der Waals surface area contributed by atoms with Gasteiger partial charge in [0.25, 0.3) is 0 Å². The number of carbonyl (C=O) groups excluding carboxylic acids is 1. The summed E-state index contributed by atoms with van der Waals surface area (Å²) in [6.07, 6.45) is 6.61. The highest BCUT2D eigenvalue weighted by Gasteiger charge is 2.39. The van der Waals surface area contributed by atoms with Crippen LogP contribution in [0.15, 0.2) is 54.7 Å². The van der Waals surface area contributed by atoms with Gasteiger partial charge in [0.15, 0.2) is 0 Å². The zero-order valence-corrected chi connectivity index (χ0v) is 19.8. The van der Waals surface area contributed by atoms with E-state index in [-0.39, 0.29) is 17.6 Å². The SMILES string of the molecule is COC(=O)C1C(NCCc2ccnc3ccc(OC)cc23)CCN1C/C=C/c1cc(F)ccc1F. The second kappa shape index (κ2) is 11.4. The molecule has 0 saturated carbocycles. The molecule has 184 valence electrons. The number of hydrogen-bond acceptors (Lipinski definition) is 6. The van der Waals surface area contributed by atoms with Crippen LogP contribution in [0, 0.1) is 11.6 Å². The molecule has 1 aliphatic rings. The van der Waals surface area contributed by atoms with Gasteiger partial charge in [-0.15, -0.1) is 0 Å². The Kier molecular flexibility index (Phi) is 8.05. The number of benzene rings is 2. The fourth-order valence-corrected chi connectivity index (χ4v) is 4.59. The largest absolute Gasteiger partial charge is 0.497 e. The lowest BCUT2D eigenvalue weighted by Crippen LogP contribution is -2.48. The van der Waals surface area contributed by atoms with Crippen molar-refractivity contribution >= 4 is 22.9 Å². The minimum Gasteiger partial charge on any atom is -0.497 e. The molecule has 4 rings (SSSR count). The summed E-state index contributed by atoms with van der Waals surface area (Å²) < 4.78 is 37.7. The van der Waals surface area contributed by atoms with E-state index < -0.39 is 17.7 Å². The van der Waals surface area contributed by atoms with Crippen molar-refractivity contribution in [1.29, 1.82) is 0 Å². The number of esters is 1. The summed E-state index contributed by atoms with van der Waals surface area (Å²) in [4.78, 5) is 19.0. The molecule has 2 aromatic carbocycles. The first-order chi connectivity index (χ1) is 17.0. The van der Waals surface area contributed by atoms with Crippen LogP contribution in [0.5, 0.6) is 5.75 Å². The molecular formula is C27H29F2N3O3. The van der Waals surface area contributed by atoms with Gasteiger partial charge in [0.05, 0.1) is 19.7 Å². The molecule has 35 heavy (non-hydrogen) atoms. The minimum atomic E-state index is -0.496. The summed E-state index contributed by atoms with van der Waals surface area (Å²) in [5.74, 6) is -0.522. The molecular weight excluding hydrogens is 452 g/mol. The Morgan fingerprint density at radius 1 is 1.20 bits per heavy atom. The highest BCUT2D eigenvalue weighted by Crippen LogP contribution is 2.24. The maximum absolute atomic E-state index is 13.9. The van der Waals surface area contributed by atoms with Gasteiger partial charge in [0.1, 0.15) is 23.4 Å². The summed E-state index contributed by atoms with van der Waals surface area (Å²) in [6.45, 7) is 1.78. The van der Waals surface area contributed by atoms with Crippen molar-refractivity contribution in [3.05, 3.63) is 77.5 Å². The fourth-order valence-electron chi connectivity index (χ4n) is 4.59. The van der Waals surface area contributed by atoms with Gasteiger partial charge in [0, 0.05) is 36.3 Å². The zero-order chi connectivity index (χ0) is 24.8. The summed E-state index contributed by atoms with van der Waals surface area (Å²) in [7, 11) is 3.02. The first-order valence-electron chi connectivity index (χ1n) is 11.6. The van der Waals surface area contributed by atoms with Crippen LogP contribution >= 0.6 is 0 Å². The van der Waals surface area contributed by atoms with E-state index in [1.54, 1.807) is 19.4 Å². The molecule has 2 atom stereocenters. The number of carbonyl (C=O) groups is 1. The van der Waals surface area contributed by atoms with Crippen LogP contribution < -0.4 is 10.1 Å². The molecule has 6 nitrogen and oxygen atoms in total. The predicted octanol–water partition coefficient (Wildman–Crippen LogP) is 3.98. The van der Waals surface area contributed by atoms with E-state index in [2.05, 4.69) is 10.3 Å². The lowest BCUT2D eigenvalue weighted by molar-refractivity contribution is -0.146. The molecule has 0 spiro atoms. The first kappa shape index (κ1) is 24.8. The van der Waals surface area contributed by atoms with Gasteiger partial charge >= 0.3 is 5.97 Å². The molecule has 1 aliphatic heterocycles. The van der Waals surface area contributed by atoms with Crippen molar-refractivity contribution in [3.8, 4) is 5.75 Å². The van der Waals surface area contributed by atoms with Crippen molar-refractivity contribution < 1.29 is 23.0 Å². The lowest BCUT2D eigenvalue weighted by atomic mass is 10.0. The number of fused-ring (bicyclic) bond motifs is 1. The summed E-state index contributed by atoms with van der Waals surface area (Å²) in [6, 6.07) is 10.6. The molecule has 0 bridgehead atoms. The molecule has 3 aromatic rings. The average molecular weight is 482 g/mol. The van der Waals surface area contributed by atoms with E-state index in [0.717, 1.165) is 53.3 Å². The Labute approximate surface area is 203 Å². The van der Waals surface area contributed by atoms with Crippen LogP contribution in [-0.2, 0) is 16.0 Å². The van der Waals surface area contributed by atoms with Crippen LogP contribution in [0.1, 0.15) is 17.5 Å². The predicted molar refractivity (Wildman–Crippen MR) is 131 cm³/mol. The van der Waals surface area contributed by atoms with Gasteiger partial charge < -0.3 is 14.8 Å². The lowest BCUT2D eigenvalue weighted by Gasteiger charge is -2.25. The fraction of sp³-hybridized carbons (Fsp3) is 0.333. The third-order valence-corrected chi connectivity index (χ3v) is 6.38. The monoisotopic (exact) mass is 481 g/mol. The normalized spacial score (nSPS) is 18.4. The van der Waals surface area contributed by atoms with E-state index in [1.807, 2.05) is 29.2 Å². The second-order valence-corrected chi connectivity index (χ2v) is 8.48. The molecule has 1 fully saturated rings. The summed E-state index contributed by atoms with van der Waals surface area (Å²) in [5.41, 5.74) is 2.23. The van der Waals surface area contributed by atoms with Crippen LogP contribution in [-0.4, -0.2) is 61.8 Å². The standard InChI is InChI=1S/C27H29F2N3O3/c1-34-21-6-8-24-22(17-21)18(9-12-30-24)10-13-31-25-11-15-32(26(25)27(33)35-2)14-3-4-19-16-20(28)5-7-23(19)29/h3-9,12,16-17,25-26,31H,10-11,13-15H2,1-2H3/b4-3+. The van der Waals surface area contributed by atoms with Crippen molar-refractivity contribution in [2.45, 2.75) is 24.9 Å². The minimum absolute atomic E-state index is 0.0793. The van der Waals surface area contributed by atoms with Crippen molar-refractivity contribution in [1.82, 2.24) is 15.2 Å². The smallest absolute Gasteiger partial charge is 0.324 e. The number of hydrogen-bond donors (Lipinski definition) is 1. The van der Waals surface area contributed by atoms with Gasteiger partial charge in [-0.2, -0.15) is 0 Å². The third kappa shape index (κ3) is 5.83. The topological polar surface area (TPSA) is 63.7 Å². The number of aromatic nitrogens is 1. The van der Waals surface area contributed by atoms with Gasteiger partial charge in [-0.1, -0.05) is 12.2 Å². The van der Waals surface area contributed by atoms with Gasteiger partial charge in [0.2, 0.25) is 0 Å². The second-order valence-electron chi connectivity index (χ2n) is 8.48. The number of nitrogens with one attached hydrogen (secondary N) is 1. The maximum Gasteiger partial charge on any atom is 0.324 e. The molecule has 2 unspecified atom stereocenters. The number of ether oxygens (including phenoxy) is 2. The zero-order valence-electron chi connectivity index (χ0n) is 19.8. The van der Waals surface area contributed by atoms with Gasteiger partial charge in [-0.05, 0) is 67.4 Å². The van der Waals surface area contributed by atoms with Crippen LogP contribution in [0.4, 0.5) is 8.78 Å². The van der Waals surface area contributed by atoms with E-state index >= 15 is 0 Å². The molecule has 8 heteroatoms. The van der Waals surface area contributed by atoms with E-state index in [0.29, 0.717) is 19.6 Å². The third-order valence-electron chi connectivity index (χ3n) is 6.38. The maximum atomic E-state index is 13.9. The molecule has 0 radical (unpaired) electrons. The number of halogens is 2. The Balaban J connectivity index is 1.40. The molecule has 1 aromatic heterocycles. The van der Waals surface area contributed by atoms with Crippen LogP contribution in [0.2, 0.25) is 0 Å².